The molecule has 0 saturated heterocycles. The first-order chi connectivity index (χ1) is 13.1. The third-order valence-corrected chi connectivity index (χ3v) is 5.60. The Labute approximate surface area is 163 Å². The maximum Gasteiger partial charge on any atom is 0.263 e. The zero-order chi connectivity index (χ0) is 19.2. The van der Waals surface area contributed by atoms with Crippen LogP contribution in [0.25, 0.3) is 21.3 Å². The summed E-state index contributed by atoms with van der Waals surface area (Å²) in [6, 6.07) is 9.86. The Bertz CT molecular complexity index is 976. The highest BCUT2D eigenvalue weighted by molar-refractivity contribution is 7.19. The number of unbranched alkanes of at least 4 members (excludes halogenated alkanes) is 3. The highest BCUT2D eigenvalue weighted by atomic mass is 32.1. The van der Waals surface area contributed by atoms with Crippen LogP contribution in [0.3, 0.4) is 0 Å². The fourth-order valence-corrected chi connectivity index (χ4v) is 4.20. The third kappa shape index (κ3) is 4.45. The first-order valence-corrected chi connectivity index (χ1v) is 10.2. The molecular weight excluding hydrogens is 358 g/mol. The van der Waals surface area contributed by atoms with E-state index in [9.17, 15) is 9.59 Å². The van der Waals surface area contributed by atoms with Gasteiger partial charge in [-0.05, 0) is 18.9 Å². The van der Waals surface area contributed by atoms with Gasteiger partial charge in [0.25, 0.3) is 5.56 Å². The van der Waals surface area contributed by atoms with E-state index in [1.807, 2.05) is 37.3 Å². The lowest BCUT2D eigenvalue weighted by Crippen LogP contribution is -2.32. The number of hydrogen-bond donors (Lipinski definition) is 1. The summed E-state index contributed by atoms with van der Waals surface area (Å²) in [7, 11) is 0. The van der Waals surface area contributed by atoms with Crippen LogP contribution in [0.1, 0.15) is 37.5 Å². The van der Waals surface area contributed by atoms with Gasteiger partial charge < -0.3 is 5.32 Å². The molecule has 0 atom stereocenters. The number of benzene rings is 1. The molecule has 5 nitrogen and oxygen atoms in total. The van der Waals surface area contributed by atoms with Gasteiger partial charge in [-0.1, -0.05) is 56.5 Å². The van der Waals surface area contributed by atoms with Gasteiger partial charge in [-0.3, -0.25) is 14.2 Å². The second kappa shape index (κ2) is 8.95. The molecule has 2 heterocycles. The van der Waals surface area contributed by atoms with Crippen LogP contribution in [0.15, 0.2) is 41.5 Å². The van der Waals surface area contributed by atoms with Crippen molar-refractivity contribution in [1.82, 2.24) is 14.9 Å². The zero-order valence-corrected chi connectivity index (χ0v) is 16.6. The van der Waals surface area contributed by atoms with Gasteiger partial charge in [0.05, 0.1) is 11.7 Å². The molecule has 0 radical (unpaired) electrons. The minimum absolute atomic E-state index is 0.00131. The molecular formula is C21H25N3O2S. The molecule has 0 saturated carbocycles. The molecule has 1 amide bonds. The van der Waals surface area contributed by atoms with Gasteiger partial charge in [0.1, 0.15) is 11.4 Å². The van der Waals surface area contributed by atoms with E-state index in [4.69, 9.17) is 0 Å². The Morgan fingerprint density at radius 3 is 2.70 bits per heavy atom. The standard InChI is InChI=1S/C21H25N3O2S/c1-3-4-5-9-12-22-17(25)13-24-14-23-20-19(21(24)26)18(15(2)27-20)16-10-7-6-8-11-16/h6-8,10-11,14H,3-5,9,12-13H2,1-2H3,(H,22,25). The molecule has 0 bridgehead atoms. The van der Waals surface area contributed by atoms with E-state index in [0.717, 1.165) is 28.8 Å². The summed E-state index contributed by atoms with van der Waals surface area (Å²) < 4.78 is 1.41. The van der Waals surface area contributed by atoms with Gasteiger partial charge in [-0.15, -0.1) is 11.3 Å². The molecule has 0 aliphatic heterocycles. The number of nitrogens with one attached hydrogen (secondary N) is 1. The van der Waals surface area contributed by atoms with E-state index in [1.165, 1.54) is 35.1 Å². The van der Waals surface area contributed by atoms with Gasteiger partial charge in [0.2, 0.25) is 5.91 Å². The summed E-state index contributed by atoms with van der Waals surface area (Å²) in [4.78, 5) is 31.4. The number of carbonyl (C=O) groups excluding carboxylic acids is 1. The van der Waals surface area contributed by atoms with Gasteiger partial charge >= 0.3 is 0 Å². The average molecular weight is 384 g/mol. The number of rotatable bonds is 8. The highest BCUT2D eigenvalue weighted by Gasteiger charge is 2.17. The first-order valence-electron chi connectivity index (χ1n) is 9.42. The van der Waals surface area contributed by atoms with Crippen LogP contribution in [-0.2, 0) is 11.3 Å². The van der Waals surface area contributed by atoms with Gasteiger partial charge in [0, 0.05) is 17.0 Å². The van der Waals surface area contributed by atoms with Crippen LogP contribution in [0.5, 0.6) is 0 Å². The van der Waals surface area contributed by atoms with Crippen molar-refractivity contribution in [3.05, 3.63) is 51.9 Å². The largest absolute Gasteiger partial charge is 0.355 e. The molecule has 27 heavy (non-hydrogen) atoms. The quantitative estimate of drug-likeness (QED) is 0.595. The Kier molecular flexibility index (Phi) is 6.40. The van der Waals surface area contributed by atoms with E-state index in [2.05, 4.69) is 17.2 Å². The molecule has 0 fully saturated rings. The lowest BCUT2D eigenvalue weighted by atomic mass is 10.0. The number of aromatic nitrogens is 2. The van der Waals surface area contributed by atoms with Crippen LogP contribution < -0.4 is 10.9 Å². The predicted molar refractivity (Wildman–Crippen MR) is 111 cm³/mol. The molecule has 0 unspecified atom stereocenters. The predicted octanol–water partition coefficient (Wildman–Crippen LogP) is 4.13. The Morgan fingerprint density at radius 1 is 1.19 bits per heavy atom. The van der Waals surface area contributed by atoms with Crippen molar-refractivity contribution in [2.45, 2.75) is 46.1 Å². The number of aryl methyl sites for hydroxylation is 1. The van der Waals surface area contributed by atoms with Crippen LogP contribution >= 0.6 is 11.3 Å². The Hall–Kier alpha value is -2.47. The SMILES string of the molecule is CCCCCCNC(=O)Cn1cnc2sc(C)c(-c3ccccc3)c2c1=O. The van der Waals surface area contributed by atoms with Gasteiger partial charge in [0.15, 0.2) is 0 Å². The minimum atomic E-state index is -0.163. The summed E-state index contributed by atoms with van der Waals surface area (Å²) in [5, 5.41) is 3.49. The summed E-state index contributed by atoms with van der Waals surface area (Å²) in [6.07, 6.45) is 5.90. The number of hydrogen-bond acceptors (Lipinski definition) is 4. The first kappa shape index (κ1) is 19.3. The van der Waals surface area contributed by atoms with Crippen LogP contribution in [0.4, 0.5) is 0 Å². The molecule has 2 aromatic heterocycles. The topological polar surface area (TPSA) is 64.0 Å². The van der Waals surface area contributed by atoms with Crippen LogP contribution in [0, 0.1) is 6.92 Å². The molecule has 1 N–H and O–H groups in total. The number of nitrogens with zero attached hydrogens (tertiary/aromatic N) is 2. The lowest BCUT2D eigenvalue weighted by molar-refractivity contribution is -0.121. The fourth-order valence-electron chi connectivity index (χ4n) is 3.19. The second-order valence-corrected chi connectivity index (χ2v) is 7.87. The summed E-state index contributed by atoms with van der Waals surface area (Å²) in [6.45, 7) is 4.81. The van der Waals surface area contributed by atoms with E-state index >= 15 is 0 Å². The highest BCUT2D eigenvalue weighted by Crippen LogP contribution is 2.35. The number of fused-ring (bicyclic) bond motifs is 1. The summed E-state index contributed by atoms with van der Waals surface area (Å²) in [5.74, 6) is -0.150. The molecule has 1 aromatic carbocycles. The van der Waals surface area contributed by atoms with Gasteiger partial charge in [-0.25, -0.2) is 4.98 Å². The average Bonchev–Trinajstić information content (AvgIpc) is 3.01. The van der Waals surface area contributed by atoms with Crippen molar-refractivity contribution in [3.63, 3.8) is 0 Å². The lowest BCUT2D eigenvalue weighted by Gasteiger charge is -2.08. The fraction of sp³-hybridized carbons (Fsp3) is 0.381. The monoisotopic (exact) mass is 383 g/mol. The second-order valence-electron chi connectivity index (χ2n) is 6.67. The zero-order valence-electron chi connectivity index (χ0n) is 15.8. The van der Waals surface area contributed by atoms with Gasteiger partial charge in [-0.2, -0.15) is 0 Å². The third-order valence-electron chi connectivity index (χ3n) is 4.58. The normalized spacial score (nSPS) is 11.0. The van der Waals surface area contributed by atoms with Crippen LogP contribution in [0.2, 0.25) is 0 Å². The Balaban J connectivity index is 1.83. The van der Waals surface area contributed by atoms with E-state index < -0.39 is 0 Å². The van der Waals surface area contributed by atoms with E-state index in [0.29, 0.717) is 16.8 Å². The van der Waals surface area contributed by atoms with Crippen molar-refractivity contribution in [2.75, 3.05) is 6.54 Å². The van der Waals surface area contributed by atoms with Crippen molar-refractivity contribution in [2.24, 2.45) is 0 Å². The van der Waals surface area contributed by atoms with Crippen molar-refractivity contribution >= 4 is 27.5 Å². The van der Waals surface area contributed by atoms with E-state index in [-0.39, 0.29) is 18.0 Å². The molecule has 3 aromatic rings. The molecule has 0 aliphatic carbocycles. The van der Waals surface area contributed by atoms with Crippen LogP contribution in [-0.4, -0.2) is 22.0 Å². The maximum absolute atomic E-state index is 13.0. The molecule has 142 valence electrons. The summed E-state index contributed by atoms with van der Waals surface area (Å²) >= 11 is 1.51. The number of amides is 1. The molecule has 0 aliphatic rings. The number of thiophene rings is 1. The van der Waals surface area contributed by atoms with Crippen molar-refractivity contribution < 1.29 is 4.79 Å². The van der Waals surface area contributed by atoms with E-state index in [1.54, 1.807) is 0 Å². The molecule has 3 rings (SSSR count). The summed E-state index contributed by atoms with van der Waals surface area (Å²) in [5.41, 5.74) is 1.75. The van der Waals surface area contributed by atoms with Crippen molar-refractivity contribution in [3.8, 4) is 11.1 Å². The van der Waals surface area contributed by atoms with Crippen molar-refractivity contribution in [1.29, 1.82) is 0 Å². The smallest absolute Gasteiger partial charge is 0.263 e. The minimum Gasteiger partial charge on any atom is -0.355 e. The maximum atomic E-state index is 13.0. The Morgan fingerprint density at radius 2 is 1.96 bits per heavy atom. The molecule has 0 spiro atoms. The number of carbonyl (C=O) groups is 1. The molecule has 6 heteroatoms.